The molecule has 1 unspecified atom stereocenters. The van der Waals surface area contributed by atoms with Gasteiger partial charge in [0, 0.05) is 27.1 Å². The second-order valence-corrected chi connectivity index (χ2v) is 3.58. The smallest absolute Gasteiger partial charge is 0.239 e. The van der Waals surface area contributed by atoms with E-state index in [4.69, 9.17) is 5.73 Å². The van der Waals surface area contributed by atoms with Crippen molar-refractivity contribution in [3.63, 3.8) is 0 Å². The fraction of sp³-hybridized carbons (Fsp3) is 0.800. The van der Waals surface area contributed by atoms with Gasteiger partial charge < -0.3 is 16.0 Å². The lowest BCUT2D eigenvalue weighted by atomic mass is 10.1. The van der Waals surface area contributed by atoms with Crippen molar-refractivity contribution in [1.82, 2.24) is 10.2 Å². The molecule has 0 aliphatic rings. The van der Waals surface area contributed by atoms with Gasteiger partial charge in [-0.1, -0.05) is 13.3 Å². The number of nitrogens with two attached hydrogens (primary N) is 1. The lowest BCUT2D eigenvalue weighted by Crippen LogP contribution is -2.42. The van der Waals surface area contributed by atoms with Crippen LogP contribution in [0.2, 0.25) is 0 Å². The van der Waals surface area contributed by atoms with E-state index in [2.05, 4.69) is 5.32 Å². The summed E-state index contributed by atoms with van der Waals surface area (Å²) in [5.41, 5.74) is 5.68. The van der Waals surface area contributed by atoms with Crippen LogP contribution in [0.1, 0.15) is 26.2 Å². The molecule has 3 N–H and O–H groups in total. The average Bonchev–Trinajstić information content (AvgIpc) is 2.24. The number of rotatable bonds is 6. The van der Waals surface area contributed by atoms with Gasteiger partial charge in [-0.15, -0.1) is 0 Å². The van der Waals surface area contributed by atoms with Crippen molar-refractivity contribution < 1.29 is 9.59 Å². The maximum atomic E-state index is 11.6. The van der Waals surface area contributed by atoms with E-state index in [1.165, 1.54) is 4.90 Å². The van der Waals surface area contributed by atoms with Gasteiger partial charge in [0.15, 0.2) is 0 Å². The largest absolute Gasteiger partial charge is 0.359 e. The van der Waals surface area contributed by atoms with E-state index in [-0.39, 0.29) is 11.8 Å². The molecule has 5 heteroatoms. The third-order valence-electron chi connectivity index (χ3n) is 2.25. The third kappa shape index (κ3) is 5.37. The molecule has 0 spiro atoms. The Labute approximate surface area is 91.0 Å². The number of carbonyl (C=O) groups excluding carboxylic acids is 2. The molecule has 0 aliphatic heterocycles. The predicted octanol–water partition coefficient (Wildman–Crippen LogP) is -0.292. The van der Waals surface area contributed by atoms with Crippen molar-refractivity contribution in [2.75, 3.05) is 20.6 Å². The molecule has 0 radical (unpaired) electrons. The Morgan fingerprint density at radius 1 is 1.47 bits per heavy atom. The van der Waals surface area contributed by atoms with Crippen molar-refractivity contribution in [2.45, 2.75) is 32.2 Å². The molecule has 5 nitrogen and oxygen atoms in total. The first-order valence-corrected chi connectivity index (χ1v) is 5.24. The molecule has 0 aromatic carbocycles. The predicted molar refractivity (Wildman–Crippen MR) is 59.2 cm³/mol. The van der Waals surface area contributed by atoms with Gasteiger partial charge in [-0.3, -0.25) is 9.59 Å². The van der Waals surface area contributed by atoms with E-state index in [1.54, 1.807) is 14.1 Å². The highest BCUT2D eigenvalue weighted by Crippen LogP contribution is 1.99. The highest BCUT2D eigenvalue weighted by molar-refractivity contribution is 5.82. The fourth-order valence-electron chi connectivity index (χ4n) is 1.22. The summed E-state index contributed by atoms with van der Waals surface area (Å²) in [6.45, 7) is 2.40. The van der Waals surface area contributed by atoms with Gasteiger partial charge in [-0.25, -0.2) is 0 Å². The summed E-state index contributed by atoms with van der Waals surface area (Å²) in [6, 6.07) is -0.440. The zero-order valence-electron chi connectivity index (χ0n) is 9.75. The zero-order chi connectivity index (χ0) is 11.8. The van der Waals surface area contributed by atoms with E-state index in [0.29, 0.717) is 19.4 Å². The first kappa shape index (κ1) is 13.9. The highest BCUT2D eigenvalue weighted by Gasteiger charge is 2.17. The summed E-state index contributed by atoms with van der Waals surface area (Å²) in [5, 5.41) is 2.51. The molecule has 1 atom stereocenters. The van der Waals surface area contributed by atoms with Crippen LogP contribution >= 0.6 is 0 Å². The number of nitrogens with zero attached hydrogens (tertiary/aromatic N) is 1. The van der Waals surface area contributed by atoms with Crippen LogP contribution in [-0.2, 0) is 9.59 Å². The van der Waals surface area contributed by atoms with E-state index >= 15 is 0 Å². The highest BCUT2D eigenvalue weighted by atomic mass is 16.2. The molecule has 0 bridgehead atoms. The maximum absolute atomic E-state index is 11.6. The Morgan fingerprint density at radius 2 is 2.07 bits per heavy atom. The minimum Gasteiger partial charge on any atom is -0.359 e. The van der Waals surface area contributed by atoms with E-state index in [0.717, 1.165) is 6.42 Å². The molecular weight excluding hydrogens is 194 g/mol. The van der Waals surface area contributed by atoms with Crippen LogP contribution in [-0.4, -0.2) is 43.4 Å². The Bertz CT molecular complexity index is 219. The van der Waals surface area contributed by atoms with Crippen molar-refractivity contribution >= 4 is 11.8 Å². The molecule has 0 heterocycles. The van der Waals surface area contributed by atoms with Gasteiger partial charge in [0.1, 0.15) is 0 Å². The molecule has 0 rings (SSSR count). The number of nitrogens with one attached hydrogen (secondary N) is 1. The molecular formula is C10H21N3O2. The summed E-state index contributed by atoms with van der Waals surface area (Å²) >= 11 is 0. The van der Waals surface area contributed by atoms with Gasteiger partial charge in [0.2, 0.25) is 11.8 Å². The summed E-state index contributed by atoms with van der Waals surface area (Å²) in [7, 11) is 3.24. The molecule has 0 saturated heterocycles. The van der Waals surface area contributed by atoms with Gasteiger partial charge in [0.25, 0.3) is 0 Å². The molecule has 0 fully saturated rings. The monoisotopic (exact) mass is 215 g/mol. The van der Waals surface area contributed by atoms with Gasteiger partial charge in [-0.2, -0.15) is 0 Å². The quantitative estimate of drug-likeness (QED) is 0.639. The van der Waals surface area contributed by atoms with Gasteiger partial charge in [0.05, 0.1) is 6.04 Å². The topological polar surface area (TPSA) is 75.4 Å². The second kappa shape index (κ2) is 7.23. The zero-order valence-corrected chi connectivity index (χ0v) is 9.75. The molecule has 2 amide bonds. The minimum atomic E-state index is -0.440. The van der Waals surface area contributed by atoms with E-state index in [9.17, 15) is 9.59 Å². The lowest BCUT2D eigenvalue weighted by molar-refractivity contribution is -0.132. The van der Waals surface area contributed by atoms with Crippen LogP contribution in [0.5, 0.6) is 0 Å². The van der Waals surface area contributed by atoms with E-state index < -0.39 is 6.04 Å². The average molecular weight is 215 g/mol. The van der Waals surface area contributed by atoms with Crippen LogP contribution in [0.15, 0.2) is 0 Å². The Balaban J connectivity index is 3.93. The van der Waals surface area contributed by atoms with Crippen LogP contribution in [0.3, 0.4) is 0 Å². The Morgan fingerprint density at radius 3 is 2.53 bits per heavy atom. The SMILES string of the molecule is CCCC(N)C(=O)N(C)CCC(=O)NC. The van der Waals surface area contributed by atoms with Crippen molar-refractivity contribution in [1.29, 1.82) is 0 Å². The summed E-state index contributed by atoms with van der Waals surface area (Å²) in [6.07, 6.45) is 1.89. The van der Waals surface area contributed by atoms with Gasteiger partial charge >= 0.3 is 0 Å². The van der Waals surface area contributed by atoms with Crippen LogP contribution < -0.4 is 11.1 Å². The van der Waals surface area contributed by atoms with Gasteiger partial charge in [-0.05, 0) is 6.42 Å². The van der Waals surface area contributed by atoms with Crippen molar-refractivity contribution in [3.05, 3.63) is 0 Å². The summed E-state index contributed by atoms with van der Waals surface area (Å²) in [4.78, 5) is 24.1. The summed E-state index contributed by atoms with van der Waals surface area (Å²) in [5.74, 6) is -0.167. The first-order valence-electron chi connectivity index (χ1n) is 5.24. The normalized spacial score (nSPS) is 12.0. The van der Waals surface area contributed by atoms with E-state index in [1.807, 2.05) is 6.92 Å². The molecule has 0 aromatic rings. The number of likely N-dealkylation sites (N-methyl/N-ethyl adjacent to an activating group) is 1. The number of carbonyl (C=O) groups is 2. The van der Waals surface area contributed by atoms with Crippen molar-refractivity contribution in [3.8, 4) is 0 Å². The Hall–Kier alpha value is -1.10. The summed E-state index contributed by atoms with van der Waals surface area (Å²) < 4.78 is 0. The molecule has 0 aromatic heterocycles. The minimum absolute atomic E-state index is 0.0706. The number of hydrogen-bond donors (Lipinski definition) is 2. The maximum Gasteiger partial charge on any atom is 0.239 e. The van der Waals surface area contributed by atoms with Crippen molar-refractivity contribution in [2.24, 2.45) is 5.73 Å². The third-order valence-corrected chi connectivity index (χ3v) is 2.25. The number of hydrogen-bond acceptors (Lipinski definition) is 3. The molecule has 15 heavy (non-hydrogen) atoms. The van der Waals surface area contributed by atoms with Crippen LogP contribution in [0.25, 0.3) is 0 Å². The fourth-order valence-corrected chi connectivity index (χ4v) is 1.22. The standard InChI is InChI=1S/C10H21N3O2/c1-4-5-8(11)10(15)13(3)7-6-9(14)12-2/h8H,4-7,11H2,1-3H3,(H,12,14). The van der Waals surface area contributed by atoms with Crippen LogP contribution in [0.4, 0.5) is 0 Å². The molecule has 88 valence electrons. The van der Waals surface area contributed by atoms with Crippen LogP contribution in [0, 0.1) is 0 Å². The number of amides is 2. The molecule has 0 saturated carbocycles. The first-order chi connectivity index (χ1) is 7.02. The molecule has 0 aliphatic carbocycles. The lowest BCUT2D eigenvalue weighted by Gasteiger charge is -2.20. The Kier molecular flexibility index (Phi) is 6.70. The second-order valence-electron chi connectivity index (χ2n) is 3.58.